The zero-order valence-corrected chi connectivity index (χ0v) is 18.2. The molecule has 1 amide bonds. The van der Waals surface area contributed by atoms with E-state index >= 15 is 0 Å². The molecular weight excluding hydrogens is 414 g/mol. The average molecular weight is 434 g/mol. The fraction of sp³-hybridized carbons (Fsp3) is 0.130. The number of hydrogen-bond donors (Lipinski definition) is 0. The van der Waals surface area contributed by atoms with Gasteiger partial charge in [0.15, 0.2) is 4.32 Å². The van der Waals surface area contributed by atoms with Crippen molar-refractivity contribution in [2.45, 2.75) is 20.5 Å². The number of thioether (sulfide) groups is 1. The predicted octanol–water partition coefficient (Wildman–Crippen LogP) is 5.08. The Labute approximate surface area is 184 Å². The van der Waals surface area contributed by atoms with Crippen LogP contribution in [0.3, 0.4) is 0 Å². The van der Waals surface area contributed by atoms with Gasteiger partial charge in [-0.1, -0.05) is 30.0 Å². The summed E-state index contributed by atoms with van der Waals surface area (Å²) in [4.78, 5) is 23.4. The number of carbonyl (C=O) groups excluding carboxylic acids is 1. The molecule has 0 atom stereocenters. The molecule has 2 aromatic heterocycles. The van der Waals surface area contributed by atoms with E-state index in [-0.39, 0.29) is 5.91 Å². The first-order valence-electron chi connectivity index (χ1n) is 9.35. The number of thiocarbonyl (C=S) groups is 1. The Morgan fingerprint density at radius 1 is 1.13 bits per heavy atom. The number of benzene rings is 1. The highest BCUT2D eigenvalue weighted by molar-refractivity contribution is 8.27. The largest absolute Gasteiger partial charge is 0.487 e. The summed E-state index contributed by atoms with van der Waals surface area (Å²) in [6.07, 6.45) is 6.93. The molecule has 3 aromatic rings. The van der Waals surface area contributed by atoms with Gasteiger partial charge in [0, 0.05) is 12.4 Å². The molecule has 7 heteroatoms. The number of aromatic nitrogens is 2. The molecule has 1 aliphatic rings. The quantitative estimate of drug-likeness (QED) is 0.413. The number of rotatable bonds is 5. The Bertz CT molecular complexity index is 1110. The third kappa shape index (κ3) is 4.27. The van der Waals surface area contributed by atoms with Crippen LogP contribution < -0.4 is 9.64 Å². The lowest BCUT2D eigenvalue weighted by Crippen LogP contribution is -2.27. The normalized spacial score (nSPS) is 15.1. The fourth-order valence-corrected chi connectivity index (χ4v) is 4.55. The second-order valence-corrected chi connectivity index (χ2v) is 8.50. The minimum Gasteiger partial charge on any atom is -0.487 e. The molecule has 0 unspecified atom stereocenters. The number of amides is 1. The van der Waals surface area contributed by atoms with Gasteiger partial charge in [-0.2, -0.15) is 0 Å². The van der Waals surface area contributed by atoms with Gasteiger partial charge in [-0.15, -0.1) is 0 Å². The summed E-state index contributed by atoms with van der Waals surface area (Å²) in [6.45, 7) is 4.41. The smallest absolute Gasteiger partial charge is 0.270 e. The van der Waals surface area contributed by atoms with Crippen molar-refractivity contribution < 1.29 is 9.53 Å². The van der Waals surface area contributed by atoms with E-state index < -0.39 is 0 Å². The number of aryl methyl sites for hydroxylation is 2. The third-order valence-electron chi connectivity index (χ3n) is 4.57. The van der Waals surface area contributed by atoms with Crippen molar-refractivity contribution in [2.75, 3.05) is 4.90 Å². The Hall–Kier alpha value is -3.03. The van der Waals surface area contributed by atoms with Crippen LogP contribution >= 0.6 is 24.0 Å². The third-order valence-corrected chi connectivity index (χ3v) is 5.87. The molecule has 1 fully saturated rings. The fourth-order valence-electron chi connectivity index (χ4n) is 3.25. The van der Waals surface area contributed by atoms with Crippen molar-refractivity contribution in [1.82, 2.24) is 9.97 Å². The van der Waals surface area contributed by atoms with Gasteiger partial charge >= 0.3 is 0 Å². The number of hydrogen-bond acceptors (Lipinski definition) is 6. The van der Waals surface area contributed by atoms with Crippen LogP contribution in [0.2, 0.25) is 0 Å². The number of anilines is 1. The van der Waals surface area contributed by atoms with Crippen molar-refractivity contribution >= 4 is 46.0 Å². The number of pyridine rings is 2. The molecule has 0 aliphatic carbocycles. The molecule has 1 aromatic carbocycles. The van der Waals surface area contributed by atoms with Crippen LogP contribution in [-0.4, -0.2) is 20.2 Å². The maximum atomic E-state index is 12.9. The summed E-state index contributed by atoms with van der Waals surface area (Å²) >= 11 is 6.72. The molecule has 5 nitrogen and oxygen atoms in total. The van der Waals surface area contributed by atoms with Crippen molar-refractivity contribution in [3.63, 3.8) is 0 Å². The van der Waals surface area contributed by atoms with Crippen LogP contribution in [0.1, 0.15) is 22.4 Å². The van der Waals surface area contributed by atoms with Crippen molar-refractivity contribution in [3.05, 3.63) is 88.3 Å². The standard InChI is InChI=1S/C23H19N3O2S2/c1-15-10-17(11-16(2)21(15)28-14-18-6-3-4-9-25-18)12-20-22(27)26(23(29)30-20)19-7-5-8-24-13-19/h3-13H,14H2,1-2H3/b20-12-. The van der Waals surface area contributed by atoms with E-state index in [0.717, 1.165) is 28.1 Å². The minimum absolute atomic E-state index is 0.135. The minimum atomic E-state index is -0.135. The maximum absolute atomic E-state index is 12.9. The zero-order chi connectivity index (χ0) is 21.1. The Morgan fingerprint density at radius 3 is 2.60 bits per heavy atom. The van der Waals surface area contributed by atoms with Crippen molar-refractivity contribution in [2.24, 2.45) is 0 Å². The van der Waals surface area contributed by atoms with E-state index in [4.69, 9.17) is 17.0 Å². The van der Waals surface area contributed by atoms with Gasteiger partial charge in [-0.25, -0.2) is 0 Å². The average Bonchev–Trinajstić information content (AvgIpc) is 3.01. The Kier molecular flexibility index (Phi) is 5.92. The molecular formula is C23H19N3O2S2. The number of ether oxygens (including phenoxy) is 1. The first-order valence-corrected chi connectivity index (χ1v) is 10.6. The summed E-state index contributed by atoms with van der Waals surface area (Å²) in [5.41, 5.74) is 4.48. The molecule has 3 heterocycles. The molecule has 0 saturated carbocycles. The van der Waals surface area contributed by atoms with Gasteiger partial charge in [0.25, 0.3) is 5.91 Å². The van der Waals surface area contributed by atoms with Crippen LogP contribution in [0.4, 0.5) is 5.69 Å². The van der Waals surface area contributed by atoms with Crippen LogP contribution in [0, 0.1) is 13.8 Å². The summed E-state index contributed by atoms with van der Waals surface area (Å²) in [7, 11) is 0. The van der Waals surface area contributed by atoms with Crippen molar-refractivity contribution in [3.8, 4) is 5.75 Å². The molecule has 1 saturated heterocycles. The highest BCUT2D eigenvalue weighted by Crippen LogP contribution is 2.36. The molecule has 0 N–H and O–H groups in total. The zero-order valence-electron chi connectivity index (χ0n) is 16.5. The van der Waals surface area contributed by atoms with E-state index in [9.17, 15) is 4.79 Å². The van der Waals surface area contributed by atoms with Gasteiger partial charge in [-0.05, 0) is 73.0 Å². The van der Waals surface area contributed by atoms with Gasteiger partial charge in [0.05, 0.1) is 22.5 Å². The van der Waals surface area contributed by atoms with Crippen LogP contribution in [0.25, 0.3) is 6.08 Å². The summed E-state index contributed by atoms with van der Waals surface area (Å²) < 4.78 is 6.50. The van der Waals surface area contributed by atoms with E-state index in [2.05, 4.69) is 9.97 Å². The molecule has 150 valence electrons. The lowest BCUT2D eigenvalue weighted by molar-refractivity contribution is -0.113. The van der Waals surface area contributed by atoms with Gasteiger partial charge < -0.3 is 4.74 Å². The molecule has 0 spiro atoms. The van der Waals surface area contributed by atoms with E-state index in [1.54, 1.807) is 24.7 Å². The molecule has 0 radical (unpaired) electrons. The molecule has 0 bridgehead atoms. The summed E-state index contributed by atoms with van der Waals surface area (Å²) in [6, 6.07) is 13.4. The van der Waals surface area contributed by atoms with Crippen LogP contribution in [0.15, 0.2) is 66.0 Å². The predicted molar refractivity (Wildman–Crippen MR) is 124 cm³/mol. The summed E-state index contributed by atoms with van der Waals surface area (Å²) in [5, 5.41) is 0. The van der Waals surface area contributed by atoms with Crippen LogP contribution in [-0.2, 0) is 11.4 Å². The first-order chi connectivity index (χ1) is 14.5. The lowest BCUT2D eigenvalue weighted by atomic mass is 10.1. The first kappa shape index (κ1) is 20.3. The summed E-state index contributed by atoms with van der Waals surface area (Å²) in [5.74, 6) is 0.699. The highest BCUT2D eigenvalue weighted by atomic mass is 32.2. The highest BCUT2D eigenvalue weighted by Gasteiger charge is 2.33. The van der Waals surface area contributed by atoms with E-state index in [1.165, 1.54) is 16.7 Å². The Morgan fingerprint density at radius 2 is 1.93 bits per heavy atom. The van der Waals surface area contributed by atoms with Crippen molar-refractivity contribution in [1.29, 1.82) is 0 Å². The van der Waals surface area contributed by atoms with Crippen LogP contribution in [0.5, 0.6) is 5.75 Å². The Balaban J connectivity index is 1.55. The van der Waals surface area contributed by atoms with Gasteiger partial charge in [0.2, 0.25) is 0 Å². The lowest BCUT2D eigenvalue weighted by Gasteiger charge is -2.14. The van der Waals surface area contributed by atoms with E-state index in [0.29, 0.717) is 21.5 Å². The second-order valence-electron chi connectivity index (χ2n) is 6.82. The molecule has 1 aliphatic heterocycles. The van der Waals surface area contributed by atoms with Gasteiger partial charge in [0.1, 0.15) is 12.4 Å². The monoisotopic (exact) mass is 433 g/mol. The number of nitrogens with zero attached hydrogens (tertiary/aromatic N) is 3. The maximum Gasteiger partial charge on any atom is 0.270 e. The number of carbonyl (C=O) groups is 1. The SMILES string of the molecule is Cc1cc(/C=C2\SC(=S)N(c3cccnc3)C2=O)cc(C)c1OCc1ccccn1. The van der Waals surface area contributed by atoms with E-state index in [1.807, 2.05) is 56.3 Å². The molecule has 4 rings (SSSR count). The molecule has 30 heavy (non-hydrogen) atoms. The second kappa shape index (κ2) is 8.77. The topological polar surface area (TPSA) is 55.3 Å². The van der Waals surface area contributed by atoms with Gasteiger partial charge in [-0.3, -0.25) is 19.7 Å².